The van der Waals surface area contributed by atoms with E-state index in [0.29, 0.717) is 23.9 Å². The number of ether oxygens (including phenoxy) is 1. The summed E-state index contributed by atoms with van der Waals surface area (Å²) in [5.41, 5.74) is 0.602. The molecule has 0 aliphatic heterocycles. The van der Waals surface area contributed by atoms with Crippen LogP contribution in [0.15, 0.2) is 24.3 Å². The van der Waals surface area contributed by atoms with Crippen molar-refractivity contribution in [3.8, 4) is 11.8 Å². The first-order valence-corrected chi connectivity index (χ1v) is 7.70. The molecule has 0 fully saturated rings. The highest BCUT2D eigenvalue weighted by Gasteiger charge is 2.08. The number of benzene rings is 1. The van der Waals surface area contributed by atoms with E-state index in [1.54, 1.807) is 24.3 Å². The van der Waals surface area contributed by atoms with E-state index < -0.39 is 6.10 Å². The second kappa shape index (κ2) is 10.2. The van der Waals surface area contributed by atoms with Crippen LogP contribution in [0.3, 0.4) is 0 Å². The summed E-state index contributed by atoms with van der Waals surface area (Å²) in [6.07, 6.45) is 4.32. The highest BCUT2D eigenvalue weighted by atomic mass is 16.5. The number of rotatable bonds is 10. The zero-order chi connectivity index (χ0) is 15.5. The van der Waals surface area contributed by atoms with Gasteiger partial charge < -0.3 is 15.2 Å². The summed E-state index contributed by atoms with van der Waals surface area (Å²) in [6.45, 7) is 5.12. The van der Waals surface area contributed by atoms with Crippen molar-refractivity contribution in [3.63, 3.8) is 0 Å². The summed E-state index contributed by atoms with van der Waals surface area (Å²) < 4.78 is 5.50. The van der Waals surface area contributed by atoms with Crippen molar-refractivity contribution < 1.29 is 9.84 Å². The molecule has 21 heavy (non-hydrogen) atoms. The maximum absolute atomic E-state index is 9.89. The number of aliphatic hydroxyl groups is 1. The number of nitrogens with one attached hydrogen (secondary N) is 1. The molecule has 1 rings (SSSR count). The zero-order valence-corrected chi connectivity index (χ0v) is 13.0. The average Bonchev–Trinajstić information content (AvgIpc) is 2.51. The third kappa shape index (κ3) is 7.69. The molecule has 0 aliphatic rings. The summed E-state index contributed by atoms with van der Waals surface area (Å²) >= 11 is 0. The third-order valence-corrected chi connectivity index (χ3v) is 3.37. The van der Waals surface area contributed by atoms with Crippen molar-refractivity contribution in [2.45, 2.75) is 51.7 Å². The topological polar surface area (TPSA) is 65.3 Å². The van der Waals surface area contributed by atoms with Crippen molar-refractivity contribution in [1.29, 1.82) is 5.26 Å². The van der Waals surface area contributed by atoms with Gasteiger partial charge in [-0.15, -0.1) is 0 Å². The van der Waals surface area contributed by atoms with Gasteiger partial charge in [-0.05, 0) is 37.6 Å². The van der Waals surface area contributed by atoms with Gasteiger partial charge in [0.05, 0.1) is 11.6 Å². The minimum atomic E-state index is -0.533. The Morgan fingerprint density at radius 1 is 1.29 bits per heavy atom. The Bertz CT molecular complexity index is 425. The third-order valence-electron chi connectivity index (χ3n) is 3.37. The van der Waals surface area contributed by atoms with E-state index in [-0.39, 0.29) is 6.61 Å². The first-order valence-electron chi connectivity index (χ1n) is 7.70. The van der Waals surface area contributed by atoms with Gasteiger partial charge in [0.1, 0.15) is 18.5 Å². The Morgan fingerprint density at radius 2 is 2.00 bits per heavy atom. The summed E-state index contributed by atoms with van der Waals surface area (Å²) in [4.78, 5) is 0. The van der Waals surface area contributed by atoms with Crippen molar-refractivity contribution >= 4 is 0 Å². The molecule has 2 N–H and O–H groups in total. The van der Waals surface area contributed by atoms with Gasteiger partial charge in [-0.25, -0.2) is 0 Å². The normalized spacial score (nSPS) is 13.4. The summed E-state index contributed by atoms with van der Waals surface area (Å²) in [5, 5.41) is 21.9. The lowest BCUT2D eigenvalue weighted by atomic mass is 10.1. The molecule has 4 nitrogen and oxygen atoms in total. The molecule has 0 bridgehead atoms. The lowest BCUT2D eigenvalue weighted by Crippen LogP contribution is -2.36. The SMILES string of the molecule is CCCCCC(C)NCC(O)COc1ccc(C#N)cc1. The molecule has 0 spiro atoms. The Morgan fingerprint density at radius 3 is 2.62 bits per heavy atom. The second-order valence-corrected chi connectivity index (χ2v) is 5.41. The van der Waals surface area contributed by atoms with Gasteiger partial charge in [0.25, 0.3) is 0 Å². The van der Waals surface area contributed by atoms with Gasteiger partial charge in [-0.3, -0.25) is 0 Å². The fourth-order valence-electron chi connectivity index (χ4n) is 2.02. The van der Waals surface area contributed by atoms with Crippen molar-refractivity contribution in [1.82, 2.24) is 5.32 Å². The van der Waals surface area contributed by atoms with E-state index in [4.69, 9.17) is 10.00 Å². The molecule has 1 aromatic rings. The Hall–Kier alpha value is -1.57. The van der Waals surface area contributed by atoms with Crippen molar-refractivity contribution in [2.75, 3.05) is 13.2 Å². The van der Waals surface area contributed by atoms with Crippen LogP contribution in [0.25, 0.3) is 0 Å². The fraction of sp³-hybridized carbons (Fsp3) is 0.588. The molecule has 0 radical (unpaired) electrons. The quantitative estimate of drug-likeness (QED) is 0.650. The largest absolute Gasteiger partial charge is 0.491 e. The molecule has 0 saturated carbocycles. The molecule has 0 amide bonds. The molecule has 116 valence electrons. The number of hydrogen-bond donors (Lipinski definition) is 2. The maximum atomic E-state index is 9.89. The van der Waals surface area contributed by atoms with E-state index in [0.717, 1.165) is 6.42 Å². The lowest BCUT2D eigenvalue weighted by molar-refractivity contribution is 0.104. The van der Waals surface area contributed by atoms with Crippen LogP contribution in [0.4, 0.5) is 0 Å². The van der Waals surface area contributed by atoms with E-state index in [9.17, 15) is 5.11 Å². The van der Waals surface area contributed by atoms with E-state index in [2.05, 4.69) is 25.2 Å². The van der Waals surface area contributed by atoms with Gasteiger partial charge in [0, 0.05) is 12.6 Å². The van der Waals surface area contributed by atoms with Gasteiger partial charge in [-0.2, -0.15) is 5.26 Å². The average molecular weight is 290 g/mol. The molecule has 1 aromatic carbocycles. The van der Waals surface area contributed by atoms with E-state index >= 15 is 0 Å². The minimum absolute atomic E-state index is 0.251. The number of aliphatic hydroxyl groups excluding tert-OH is 1. The van der Waals surface area contributed by atoms with Crippen LogP contribution in [0, 0.1) is 11.3 Å². The molecule has 0 heterocycles. The molecule has 2 unspecified atom stereocenters. The molecule has 0 saturated heterocycles. The van der Waals surface area contributed by atoms with Crippen molar-refractivity contribution in [3.05, 3.63) is 29.8 Å². The maximum Gasteiger partial charge on any atom is 0.119 e. The van der Waals surface area contributed by atoms with Gasteiger partial charge >= 0.3 is 0 Å². The van der Waals surface area contributed by atoms with Crippen LogP contribution < -0.4 is 10.1 Å². The van der Waals surface area contributed by atoms with Crippen LogP contribution in [-0.4, -0.2) is 30.4 Å². The summed E-state index contributed by atoms with van der Waals surface area (Å²) in [6, 6.07) is 9.37. The van der Waals surface area contributed by atoms with Gasteiger partial charge in [-0.1, -0.05) is 26.2 Å². The summed E-state index contributed by atoms with van der Waals surface area (Å²) in [7, 11) is 0. The van der Waals surface area contributed by atoms with Crippen LogP contribution in [0.2, 0.25) is 0 Å². The number of hydrogen-bond acceptors (Lipinski definition) is 4. The molecule has 0 aromatic heterocycles. The Balaban J connectivity index is 2.18. The lowest BCUT2D eigenvalue weighted by Gasteiger charge is -2.17. The van der Waals surface area contributed by atoms with E-state index in [1.165, 1.54) is 19.3 Å². The first-order chi connectivity index (χ1) is 10.2. The molecular formula is C17H26N2O2. The van der Waals surface area contributed by atoms with Gasteiger partial charge in [0.2, 0.25) is 0 Å². The number of unbranched alkanes of at least 4 members (excludes halogenated alkanes) is 2. The fourth-order valence-corrected chi connectivity index (χ4v) is 2.02. The standard InChI is InChI=1S/C17H26N2O2/c1-3-4-5-6-14(2)19-12-16(20)13-21-17-9-7-15(11-18)8-10-17/h7-10,14,16,19-20H,3-6,12-13H2,1-2H3. The minimum Gasteiger partial charge on any atom is -0.491 e. The predicted octanol–water partition coefficient (Wildman–Crippen LogP) is 2.86. The molecule has 0 aliphatic carbocycles. The zero-order valence-electron chi connectivity index (χ0n) is 13.0. The number of nitrogens with zero attached hydrogens (tertiary/aromatic N) is 1. The van der Waals surface area contributed by atoms with Crippen LogP contribution in [0.5, 0.6) is 5.75 Å². The number of nitriles is 1. The molecule has 4 heteroatoms. The van der Waals surface area contributed by atoms with Crippen LogP contribution in [-0.2, 0) is 0 Å². The van der Waals surface area contributed by atoms with Crippen LogP contribution >= 0.6 is 0 Å². The first kappa shape index (κ1) is 17.5. The highest BCUT2D eigenvalue weighted by Crippen LogP contribution is 2.11. The van der Waals surface area contributed by atoms with Gasteiger partial charge in [0.15, 0.2) is 0 Å². The highest BCUT2D eigenvalue weighted by molar-refractivity contribution is 5.34. The smallest absolute Gasteiger partial charge is 0.119 e. The monoisotopic (exact) mass is 290 g/mol. The van der Waals surface area contributed by atoms with E-state index in [1.807, 2.05) is 0 Å². The van der Waals surface area contributed by atoms with Crippen LogP contribution in [0.1, 0.15) is 45.1 Å². The van der Waals surface area contributed by atoms with Crippen molar-refractivity contribution in [2.24, 2.45) is 0 Å². The predicted molar refractivity (Wildman–Crippen MR) is 84.3 cm³/mol. The second-order valence-electron chi connectivity index (χ2n) is 5.41. The molecule has 2 atom stereocenters. The summed E-state index contributed by atoms with van der Waals surface area (Å²) in [5.74, 6) is 0.670. The Kier molecular flexibility index (Phi) is 8.49. The molecular weight excluding hydrogens is 264 g/mol. The Labute approximate surface area is 127 Å².